The average Bonchev–Trinajstić information content (AvgIpc) is 3.08. The standard InChI is InChI=1S/C18H25NO6/c1-4-11-7-10(2)18(3,23)17(22)24-9-12-5-6-19-8-13(20)15(14(12)19)25-16(11)21/h4-5,10,13-15,20,23H,6-9H2,1-3H3/b11-4-/t10-,13+,14-,15-,18-/m1/s1. The van der Waals surface area contributed by atoms with Crippen molar-refractivity contribution >= 4 is 11.9 Å². The molecule has 0 aromatic heterocycles. The van der Waals surface area contributed by atoms with Gasteiger partial charge in [0.15, 0.2) is 5.60 Å². The highest BCUT2D eigenvalue weighted by Crippen LogP contribution is 2.34. The van der Waals surface area contributed by atoms with Crippen LogP contribution in [0.2, 0.25) is 0 Å². The van der Waals surface area contributed by atoms with Crippen LogP contribution in [0.3, 0.4) is 0 Å². The molecule has 0 aromatic rings. The second-order valence-electron chi connectivity index (χ2n) is 7.26. The Labute approximate surface area is 146 Å². The van der Waals surface area contributed by atoms with Crippen LogP contribution in [0, 0.1) is 5.92 Å². The van der Waals surface area contributed by atoms with Crippen molar-refractivity contribution in [1.82, 2.24) is 4.90 Å². The van der Waals surface area contributed by atoms with Crippen molar-refractivity contribution in [2.24, 2.45) is 5.92 Å². The molecule has 138 valence electrons. The van der Waals surface area contributed by atoms with Gasteiger partial charge in [0.05, 0.1) is 6.04 Å². The fourth-order valence-electron chi connectivity index (χ4n) is 3.70. The molecule has 0 aromatic carbocycles. The van der Waals surface area contributed by atoms with E-state index in [1.807, 2.05) is 11.0 Å². The molecule has 2 fully saturated rings. The monoisotopic (exact) mass is 351 g/mol. The van der Waals surface area contributed by atoms with Crippen molar-refractivity contribution in [3.05, 3.63) is 23.3 Å². The normalized spacial score (nSPS) is 41.5. The van der Waals surface area contributed by atoms with Gasteiger partial charge < -0.3 is 19.7 Å². The molecule has 25 heavy (non-hydrogen) atoms. The van der Waals surface area contributed by atoms with E-state index in [0.717, 1.165) is 5.57 Å². The molecule has 0 spiro atoms. The Balaban J connectivity index is 1.94. The molecule has 0 saturated carbocycles. The number of esters is 2. The average molecular weight is 351 g/mol. The van der Waals surface area contributed by atoms with Gasteiger partial charge in [-0.15, -0.1) is 0 Å². The van der Waals surface area contributed by atoms with Gasteiger partial charge in [0.25, 0.3) is 0 Å². The topological polar surface area (TPSA) is 96.3 Å². The summed E-state index contributed by atoms with van der Waals surface area (Å²) in [5.74, 6) is -1.76. The maximum absolute atomic E-state index is 12.6. The first kappa shape index (κ1) is 18.1. The summed E-state index contributed by atoms with van der Waals surface area (Å²) < 4.78 is 11.0. The largest absolute Gasteiger partial charge is 0.459 e. The molecular weight excluding hydrogens is 326 g/mol. The number of ether oxygens (including phenoxy) is 2. The molecular formula is C18H25NO6. The first-order valence-electron chi connectivity index (χ1n) is 8.62. The fraction of sp³-hybridized carbons (Fsp3) is 0.667. The molecule has 7 heteroatoms. The van der Waals surface area contributed by atoms with Gasteiger partial charge in [0.1, 0.15) is 18.8 Å². The Bertz CT molecular complexity index is 637. The lowest BCUT2D eigenvalue weighted by Crippen LogP contribution is -2.45. The summed E-state index contributed by atoms with van der Waals surface area (Å²) in [6.45, 7) is 5.82. The van der Waals surface area contributed by atoms with E-state index in [1.165, 1.54) is 6.92 Å². The van der Waals surface area contributed by atoms with Gasteiger partial charge in [0.2, 0.25) is 0 Å². The lowest BCUT2D eigenvalue weighted by molar-refractivity contribution is -0.169. The number of aliphatic hydroxyl groups is 2. The zero-order chi connectivity index (χ0) is 18.4. The Kier molecular flexibility index (Phi) is 4.74. The van der Waals surface area contributed by atoms with E-state index in [9.17, 15) is 19.8 Å². The Morgan fingerprint density at radius 3 is 2.80 bits per heavy atom. The van der Waals surface area contributed by atoms with Crippen molar-refractivity contribution in [3.63, 3.8) is 0 Å². The summed E-state index contributed by atoms with van der Waals surface area (Å²) in [7, 11) is 0. The highest BCUT2D eigenvalue weighted by molar-refractivity contribution is 5.89. The zero-order valence-corrected chi connectivity index (χ0v) is 14.8. The van der Waals surface area contributed by atoms with Gasteiger partial charge in [0, 0.05) is 18.7 Å². The highest BCUT2D eigenvalue weighted by atomic mass is 16.6. The molecule has 0 aliphatic carbocycles. The van der Waals surface area contributed by atoms with E-state index in [4.69, 9.17) is 9.47 Å². The first-order valence-corrected chi connectivity index (χ1v) is 8.62. The third kappa shape index (κ3) is 3.12. The number of aliphatic hydroxyl groups excluding tert-OH is 1. The smallest absolute Gasteiger partial charge is 0.338 e. The molecule has 7 nitrogen and oxygen atoms in total. The number of hydrogen-bond donors (Lipinski definition) is 2. The molecule has 0 amide bonds. The molecule has 3 rings (SSSR count). The van der Waals surface area contributed by atoms with Crippen LogP contribution in [0.15, 0.2) is 23.3 Å². The fourth-order valence-corrected chi connectivity index (χ4v) is 3.70. The van der Waals surface area contributed by atoms with Crippen molar-refractivity contribution < 1.29 is 29.3 Å². The van der Waals surface area contributed by atoms with Gasteiger partial charge >= 0.3 is 11.9 Å². The van der Waals surface area contributed by atoms with Crippen LogP contribution in [0.25, 0.3) is 0 Å². The molecule has 5 atom stereocenters. The Hall–Kier alpha value is -1.70. The molecule has 3 aliphatic rings. The van der Waals surface area contributed by atoms with Gasteiger partial charge in [-0.2, -0.15) is 0 Å². The van der Waals surface area contributed by atoms with Crippen LogP contribution < -0.4 is 0 Å². The SMILES string of the molecule is C/C=C1/C[C@@H](C)[C@@](C)(O)C(=O)OCC2=CCN3C[C@H](O)[C@@H](OC1=O)[C@@H]23. The number of rotatable bonds is 0. The maximum atomic E-state index is 12.6. The van der Waals surface area contributed by atoms with Crippen LogP contribution >= 0.6 is 0 Å². The number of cyclic esters (lactones) is 1. The molecule has 0 unspecified atom stereocenters. The quantitative estimate of drug-likeness (QED) is 0.365. The van der Waals surface area contributed by atoms with Crippen molar-refractivity contribution in [1.29, 1.82) is 0 Å². The summed E-state index contributed by atoms with van der Waals surface area (Å²) in [5.41, 5.74) is -0.551. The lowest BCUT2D eigenvalue weighted by Gasteiger charge is -2.31. The summed E-state index contributed by atoms with van der Waals surface area (Å²) in [4.78, 5) is 26.9. The van der Waals surface area contributed by atoms with Crippen LogP contribution in [0.5, 0.6) is 0 Å². The second-order valence-corrected chi connectivity index (χ2v) is 7.26. The Morgan fingerprint density at radius 1 is 1.40 bits per heavy atom. The van der Waals surface area contributed by atoms with Crippen molar-refractivity contribution in [2.45, 2.75) is 51.0 Å². The molecule has 3 heterocycles. The predicted molar refractivity (Wildman–Crippen MR) is 88.5 cm³/mol. The minimum Gasteiger partial charge on any atom is -0.459 e. The second kappa shape index (κ2) is 6.55. The summed E-state index contributed by atoms with van der Waals surface area (Å²) >= 11 is 0. The summed E-state index contributed by atoms with van der Waals surface area (Å²) in [6, 6.07) is -0.299. The first-order chi connectivity index (χ1) is 11.8. The van der Waals surface area contributed by atoms with Crippen LogP contribution in [0.4, 0.5) is 0 Å². The molecule has 3 aliphatic heterocycles. The maximum Gasteiger partial charge on any atom is 0.338 e. The van der Waals surface area contributed by atoms with E-state index in [2.05, 4.69) is 0 Å². The van der Waals surface area contributed by atoms with E-state index >= 15 is 0 Å². The molecule has 0 bridgehead atoms. The summed E-state index contributed by atoms with van der Waals surface area (Å²) in [5, 5.41) is 20.9. The van der Waals surface area contributed by atoms with Gasteiger partial charge in [-0.05, 0) is 31.8 Å². The van der Waals surface area contributed by atoms with Crippen LogP contribution in [0.1, 0.15) is 27.2 Å². The summed E-state index contributed by atoms with van der Waals surface area (Å²) in [6.07, 6.45) is 2.25. The number of nitrogens with zero attached hydrogens (tertiary/aromatic N) is 1. The van der Waals surface area contributed by atoms with Gasteiger partial charge in [-0.3, -0.25) is 4.90 Å². The van der Waals surface area contributed by atoms with E-state index in [1.54, 1.807) is 19.9 Å². The Morgan fingerprint density at radius 2 is 2.12 bits per heavy atom. The lowest BCUT2D eigenvalue weighted by atomic mass is 9.85. The van der Waals surface area contributed by atoms with Crippen molar-refractivity contribution in [3.8, 4) is 0 Å². The number of carbonyl (C=O) groups excluding carboxylic acids is 2. The van der Waals surface area contributed by atoms with Crippen LogP contribution in [-0.2, 0) is 19.1 Å². The van der Waals surface area contributed by atoms with E-state index in [-0.39, 0.29) is 19.1 Å². The number of hydrogen-bond acceptors (Lipinski definition) is 7. The third-order valence-corrected chi connectivity index (χ3v) is 5.60. The number of allylic oxidation sites excluding steroid dienone is 1. The van der Waals surface area contributed by atoms with E-state index in [0.29, 0.717) is 18.7 Å². The third-order valence-electron chi connectivity index (χ3n) is 5.60. The van der Waals surface area contributed by atoms with E-state index < -0.39 is 35.7 Å². The molecule has 0 radical (unpaired) electrons. The molecule has 2 N–H and O–H groups in total. The van der Waals surface area contributed by atoms with Crippen molar-refractivity contribution in [2.75, 3.05) is 19.7 Å². The van der Waals surface area contributed by atoms with Gasteiger partial charge in [-0.25, -0.2) is 9.59 Å². The highest BCUT2D eigenvalue weighted by Gasteiger charge is 2.49. The van der Waals surface area contributed by atoms with Gasteiger partial charge in [-0.1, -0.05) is 19.1 Å². The zero-order valence-electron chi connectivity index (χ0n) is 14.8. The number of carbonyl (C=O) groups is 2. The predicted octanol–water partition coefficient (Wildman–Crippen LogP) is 0.164. The minimum absolute atomic E-state index is 0.0140. The minimum atomic E-state index is -1.71. The van der Waals surface area contributed by atoms with Crippen LogP contribution in [-0.4, -0.2) is 70.6 Å². The molecule has 2 saturated heterocycles.